The fourth-order valence-corrected chi connectivity index (χ4v) is 3.09. The van der Waals surface area contributed by atoms with Crippen molar-refractivity contribution in [3.63, 3.8) is 0 Å². The van der Waals surface area contributed by atoms with E-state index in [1.165, 1.54) is 0 Å². The lowest BCUT2D eigenvalue weighted by molar-refractivity contribution is -0.160. The third-order valence-corrected chi connectivity index (χ3v) is 3.88. The molecule has 1 aromatic rings. The van der Waals surface area contributed by atoms with E-state index in [-0.39, 0.29) is 18.4 Å². The second-order valence-electron chi connectivity index (χ2n) is 5.40. The third kappa shape index (κ3) is 1.94. The molecule has 1 N–H and O–H groups in total. The van der Waals surface area contributed by atoms with Crippen LogP contribution in [-0.4, -0.2) is 24.2 Å². The van der Waals surface area contributed by atoms with Crippen LogP contribution in [0.3, 0.4) is 0 Å². The van der Waals surface area contributed by atoms with Crippen LogP contribution in [0.2, 0.25) is 0 Å². The molecule has 5 heteroatoms. The lowest BCUT2D eigenvalue weighted by Crippen LogP contribution is -2.62. The van der Waals surface area contributed by atoms with Gasteiger partial charge in [-0.2, -0.15) is 0 Å². The molecule has 2 bridgehead atoms. The Morgan fingerprint density at radius 1 is 1.50 bits per heavy atom. The number of hydrogen-bond acceptors (Lipinski definition) is 4. The van der Waals surface area contributed by atoms with Gasteiger partial charge < -0.3 is 14.8 Å². The van der Waals surface area contributed by atoms with E-state index in [0.29, 0.717) is 6.42 Å². The van der Waals surface area contributed by atoms with Crippen molar-refractivity contribution in [2.24, 2.45) is 5.92 Å². The first kappa shape index (κ1) is 13.0. The zero-order chi connectivity index (χ0) is 14.3. The van der Waals surface area contributed by atoms with Crippen LogP contribution >= 0.6 is 0 Å². The average Bonchev–Trinajstić information content (AvgIpc) is 2.37. The Balaban J connectivity index is 2.04. The van der Waals surface area contributed by atoms with E-state index in [1.54, 1.807) is 6.92 Å². The van der Waals surface area contributed by atoms with Crippen LogP contribution in [0.5, 0.6) is 5.75 Å². The summed E-state index contributed by atoms with van der Waals surface area (Å²) in [5.41, 5.74) is 0.150. The number of piperidine rings is 1. The minimum absolute atomic E-state index is 0.197. The maximum atomic E-state index is 12.2. The summed E-state index contributed by atoms with van der Waals surface area (Å²) < 4.78 is 10.9. The second kappa shape index (κ2) is 4.51. The lowest BCUT2D eigenvalue weighted by Gasteiger charge is -2.46. The van der Waals surface area contributed by atoms with Crippen LogP contribution in [-0.2, 0) is 14.3 Å². The number of carbonyl (C=O) groups is 2. The van der Waals surface area contributed by atoms with Crippen molar-refractivity contribution in [3.05, 3.63) is 29.8 Å². The summed E-state index contributed by atoms with van der Waals surface area (Å²) >= 11 is 0. The summed E-state index contributed by atoms with van der Waals surface area (Å²) in [5.74, 6) is -1.06. The first-order valence-electron chi connectivity index (χ1n) is 6.80. The van der Waals surface area contributed by atoms with Gasteiger partial charge in [-0.15, -0.1) is 0 Å². The highest BCUT2D eigenvalue weighted by atomic mass is 16.5. The smallest absolute Gasteiger partial charge is 0.319 e. The largest absolute Gasteiger partial charge is 0.468 e. The number of hydrogen-bond donors (Lipinski definition) is 1. The first-order valence-corrected chi connectivity index (χ1v) is 6.80. The van der Waals surface area contributed by atoms with Gasteiger partial charge in [0.1, 0.15) is 11.7 Å². The summed E-state index contributed by atoms with van der Waals surface area (Å²) in [6.45, 7) is 3.83. The van der Waals surface area contributed by atoms with E-state index < -0.39 is 17.6 Å². The van der Waals surface area contributed by atoms with Gasteiger partial charge in [0.25, 0.3) is 0 Å². The van der Waals surface area contributed by atoms with Crippen LogP contribution in [0.25, 0.3) is 0 Å². The molecule has 106 valence electrons. The number of amides is 1. The molecule has 2 aliphatic rings. The summed E-state index contributed by atoms with van der Waals surface area (Å²) in [4.78, 5) is 24.3. The van der Waals surface area contributed by atoms with E-state index in [0.717, 1.165) is 11.3 Å². The van der Waals surface area contributed by atoms with Crippen molar-refractivity contribution in [2.75, 3.05) is 6.61 Å². The summed E-state index contributed by atoms with van der Waals surface area (Å²) in [6, 6.07) is 7.54. The molecule has 0 aromatic heterocycles. The number of carbonyl (C=O) groups excluding carboxylic acids is 2. The first-order chi connectivity index (χ1) is 9.54. The normalized spacial score (nSPS) is 30.8. The minimum atomic E-state index is -0.798. The monoisotopic (exact) mass is 275 g/mol. The van der Waals surface area contributed by atoms with E-state index in [2.05, 4.69) is 5.32 Å². The number of fused-ring (bicyclic) bond motifs is 4. The minimum Gasteiger partial charge on any atom is -0.468 e. The molecule has 1 aromatic carbocycles. The molecule has 0 aliphatic carbocycles. The maximum Gasteiger partial charge on any atom is 0.319 e. The van der Waals surface area contributed by atoms with Gasteiger partial charge >= 0.3 is 5.97 Å². The highest BCUT2D eigenvalue weighted by Crippen LogP contribution is 2.46. The number of ether oxygens (including phenoxy) is 2. The quantitative estimate of drug-likeness (QED) is 0.657. The number of nitrogens with one attached hydrogen (secondary N) is 1. The van der Waals surface area contributed by atoms with Gasteiger partial charge in [-0.1, -0.05) is 18.2 Å². The molecule has 1 amide bonds. The van der Waals surface area contributed by atoms with Crippen LogP contribution in [0.4, 0.5) is 0 Å². The van der Waals surface area contributed by atoms with Crippen LogP contribution in [0.15, 0.2) is 24.3 Å². The molecule has 1 saturated heterocycles. The third-order valence-electron chi connectivity index (χ3n) is 3.88. The highest BCUT2D eigenvalue weighted by Gasteiger charge is 2.52. The van der Waals surface area contributed by atoms with Crippen molar-refractivity contribution in [2.45, 2.75) is 31.9 Å². The Morgan fingerprint density at radius 3 is 3.00 bits per heavy atom. The van der Waals surface area contributed by atoms with Crippen molar-refractivity contribution in [1.82, 2.24) is 5.32 Å². The fraction of sp³-hybridized carbons (Fsp3) is 0.467. The molecule has 0 spiro atoms. The molecule has 2 heterocycles. The van der Waals surface area contributed by atoms with Gasteiger partial charge in [0.05, 0.1) is 6.61 Å². The van der Waals surface area contributed by atoms with Gasteiger partial charge in [-0.3, -0.25) is 9.59 Å². The van der Waals surface area contributed by atoms with Crippen LogP contribution < -0.4 is 10.1 Å². The highest BCUT2D eigenvalue weighted by molar-refractivity contribution is 6.00. The van der Waals surface area contributed by atoms with Crippen molar-refractivity contribution >= 4 is 11.9 Å². The van der Waals surface area contributed by atoms with Crippen molar-refractivity contribution in [1.29, 1.82) is 0 Å². The second-order valence-corrected chi connectivity index (χ2v) is 5.40. The SMILES string of the molecule is CCOC(=O)[C@@H]1C(=O)N[C@]2(C)C[C@@H]1c1ccccc1O2. The predicted octanol–water partition coefficient (Wildman–Crippen LogP) is 1.58. The molecule has 2 aliphatic heterocycles. The van der Waals surface area contributed by atoms with E-state index >= 15 is 0 Å². The molecule has 3 atom stereocenters. The Hall–Kier alpha value is -2.04. The maximum absolute atomic E-state index is 12.2. The van der Waals surface area contributed by atoms with Gasteiger partial charge in [-0.25, -0.2) is 0 Å². The Bertz CT molecular complexity index is 571. The lowest BCUT2D eigenvalue weighted by atomic mass is 9.75. The van der Waals surface area contributed by atoms with E-state index in [1.807, 2.05) is 31.2 Å². The van der Waals surface area contributed by atoms with Gasteiger partial charge in [0.15, 0.2) is 5.72 Å². The average molecular weight is 275 g/mol. The fourth-order valence-electron chi connectivity index (χ4n) is 3.09. The predicted molar refractivity (Wildman–Crippen MR) is 71.1 cm³/mol. The van der Waals surface area contributed by atoms with Crippen molar-refractivity contribution in [3.8, 4) is 5.75 Å². The molecular weight excluding hydrogens is 258 g/mol. The molecule has 20 heavy (non-hydrogen) atoms. The van der Waals surface area contributed by atoms with Crippen molar-refractivity contribution < 1.29 is 19.1 Å². The van der Waals surface area contributed by atoms with Crippen LogP contribution in [0.1, 0.15) is 31.7 Å². The molecular formula is C15H17NO4. The van der Waals surface area contributed by atoms with E-state index in [9.17, 15) is 9.59 Å². The van der Waals surface area contributed by atoms with Gasteiger partial charge in [0.2, 0.25) is 5.91 Å². The zero-order valence-corrected chi connectivity index (χ0v) is 11.5. The van der Waals surface area contributed by atoms with Gasteiger partial charge in [-0.05, 0) is 25.5 Å². The van der Waals surface area contributed by atoms with Gasteiger partial charge in [0, 0.05) is 12.3 Å². The molecule has 5 nitrogen and oxygen atoms in total. The molecule has 0 unspecified atom stereocenters. The number of rotatable bonds is 2. The zero-order valence-electron chi connectivity index (χ0n) is 11.5. The molecule has 0 radical (unpaired) electrons. The molecule has 0 saturated carbocycles. The molecule has 1 fully saturated rings. The Labute approximate surface area is 117 Å². The summed E-state index contributed by atoms with van der Waals surface area (Å²) in [6.07, 6.45) is 0.569. The van der Waals surface area contributed by atoms with Crippen LogP contribution in [0, 0.1) is 5.92 Å². The molecule has 3 rings (SSSR count). The number of para-hydroxylation sites is 1. The topological polar surface area (TPSA) is 64.6 Å². The summed E-state index contributed by atoms with van der Waals surface area (Å²) in [7, 11) is 0. The number of benzene rings is 1. The Kier molecular flexibility index (Phi) is 2.92. The van der Waals surface area contributed by atoms with E-state index in [4.69, 9.17) is 9.47 Å². The number of esters is 1. The Morgan fingerprint density at radius 2 is 2.25 bits per heavy atom. The summed E-state index contributed by atoms with van der Waals surface area (Å²) in [5, 5.41) is 2.79. The standard InChI is InChI=1S/C15H17NO4/c1-3-19-14(18)12-10-8-15(2,16-13(12)17)20-11-7-5-4-6-9(10)11/h4-7,10,12H,3,8H2,1-2H3,(H,16,17)/t10-,12+,15+/m1/s1.